The van der Waals surface area contributed by atoms with Gasteiger partial charge in [-0.3, -0.25) is 10.1 Å². The van der Waals surface area contributed by atoms with Crippen molar-refractivity contribution in [3.8, 4) is 0 Å². The van der Waals surface area contributed by atoms with E-state index in [1.54, 1.807) is 11.8 Å². The van der Waals surface area contributed by atoms with E-state index in [4.69, 9.17) is 5.73 Å². The number of rotatable bonds is 4. The Labute approximate surface area is 118 Å². The van der Waals surface area contributed by atoms with Gasteiger partial charge in [0.1, 0.15) is 4.21 Å². The zero-order valence-electron chi connectivity index (χ0n) is 9.87. The van der Waals surface area contributed by atoms with Crippen molar-refractivity contribution < 1.29 is 13.3 Å². The number of thiophene rings is 1. The Kier molecular flexibility index (Phi) is 4.33. The molecule has 106 valence electrons. The Hall–Kier alpha value is -0.840. The molecule has 7 nitrogen and oxygen atoms in total. The Morgan fingerprint density at radius 3 is 2.79 bits per heavy atom. The van der Waals surface area contributed by atoms with Crippen LogP contribution in [0.5, 0.6) is 0 Å². The molecule has 10 heteroatoms. The Bertz CT molecular complexity index is 578. The molecular weight excluding hydrogens is 310 g/mol. The Morgan fingerprint density at radius 2 is 2.26 bits per heavy atom. The molecule has 0 aromatic carbocycles. The van der Waals surface area contributed by atoms with E-state index in [1.165, 1.54) is 0 Å². The van der Waals surface area contributed by atoms with Gasteiger partial charge in [0.15, 0.2) is 5.00 Å². The summed E-state index contributed by atoms with van der Waals surface area (Å²) < 4.78 is 26.7. The van der Waals surface area contributed by atoms with Gasteiger partial charge < -0.3 is 5.73 Å². The molecule has 0 bridgehead atoms. The number of nitrogens with zero attached hydrogens (tertiary/aromatic N) is 1. The first kappa shape index (κ1) is 14.6. The van der Waals surface area contributed by atoms with Crippen LogP contribution < -0.4 is 10.5 Å². The van der Waals surface area contributed by atoms with Crippen LogP contribution in [0.15, 0.2) is 10.3 Å². The number of thioether (sulfide) groups is 1. The third kappa shape index (κ3) is 3.38. The van der Waals surface area contributed by atoms with Gasteiger partial charge in [0.25, 0.3) is 10.0 Å². The molecule has 0 radical (unpaired) electrons. The highest BCUT2D eigenvalue weighted by Crippen LogP contribution is 2.34. The molecule has 1 unspecified atom stereocenters. The third-order valence-electron chi connectivity index (χ3n) is 2.66. The predicted molar refractivity (Wildman–Crippen MR) is 76.1 cm³/mol. The van der Waals surface area contributed by atoms with Crippen LogP contribution in [0.25, 0.3) is 0 Å². The first-order valence-corrected chi connectivity index (χ1v) is 8.99. The van der Waals surface area contributed by atoms with Gasteiger partial charge in [-0.15, -0.1) is 0 Å². The number of sulfonamides is 1. The minimum Gasteiger partial charge on any atom is -0.385 e. The van der Waals surface area contributed by atoms with Crippen molar-refractivity contribution in [3.63, 3.8) is 0 Å². The van der Waals surface area contributed by atoms with E-state index in [2.05, 4.69) is 4.72 Å². The minimum atomic E-state index is -3.72. The van der Waals surface area contributed by atoms with Crippen LogP contribution in [0.4, 0.5) is 10.7 Å². The summed E-state index contributed by atoms with van der Waals surface area (Å²) in [6.07, 6.45) is 1.75. The van der Waals surface area contributed by atoms with Crippen LogP contribution in [0.3, 0.4) is 0 Å². The van der Waals surface area contributed by atoms with Crippen molar-refractivity contribution in [3.05, 3.63) is 16.2 Å². The number of nitrogen functional groups attached to an aromatic ring is 1. The second-order valence-corrected chi connectivity index (χ2v) is 8.28. The maximum atomic E-state index is 12.1. The number of anilines is 1. The fourth-order valence-electron chi connectivity index (χ4n) is 1.76. The second kappa shape index (κ2) is 5.65. The number of hydrogen-bond donors (Lipinski definition) is 2. The molecule has 2 rings (SSSR count). The molecule has 1 aliphatic heterocycles. The summed E-state index contributed by atoms with van der Waals surface area (Å²) in [6.45, 7) is 0. The monoisotopic (exact) mass is 323 g/mol. The molecule has 1 aromatic rings. The summed E-state index contributed by atoms with van der Waals surface area (Å²) in [4.78, 5) is 9.99. The molecule has 1 saturated heterocycles. The fraction of sp³-hybridized carbons (Fsp3) is 0.556. The number of hydrogen-bond acceptors (Lipinski definition) is 7. The van der Waals surface area contributed by atoms with Crippen molar-refractivity contribution in [2.24, 2.45) is 0 Å². The smallest absolute Gasteiger partial charge is 0.304 e. The summed E-state index contributed by atoms with van der Waals surface area (Å²) in [6, 6.07) is 0.893. The van der Waals surface area contributed by atoms with Crippen molar-refractivity contribution in [2.45, 2.75) is 23.1 Å². The average Bonchev–Trinajstić information content (AvgIpc) is 2.73. The molecule has 1 aromatic heterocycles. The molecule has 0 aliphatic carbocycles. The zero-order valence-corrected chi connectivity index (χ0v) is 12.3. The highest BCUT2D eigenvalue weighted by molar-refractivity contribution is 7.99. The van der Waals surface area contributed by atoms with Crippen LogP contribution in [-0.2, 0) is 10.0 Å². The van der Waals surface area contributed by atoms with Gasteiger partial charge in [0.2, 0.25) is 0 Å². The van der Waals surface area contributed by atoms with Crippen LogP contribution in [0.1, 0.15) is 12.8 Å². The lowest BCUT2D eigenvalue weighted by Gasteiger charge is -2.21. The van der Waals surface area contributed by atoms with Gasteiger partial charge in [0.05, 0.1) is 4.92 Å². The SMILES string of the molecule is Nc1sc(S(=O)(=O)NC2CCCSC2)cc1[N+](=O)[O-]. The number of nitro groups is 1. The van der Waals surface area contributed by atoms with Gasteiger partial charge in [-0.05, 0) is 18.6 Å². The van der Waals surface area contributed by atoms with E-state index in [9.17, 15) is 18.5 Å². The molecule has 3 N–H and O–H groups in total. The van der Waals surface area contributed by atoms with E-state index >= 15 is 0 Å². The van der Waals surface area contributed by atoms with E-state index in [1.807, 2.05) is 0 Å². The fourth-order valence-corrected chi connectivity index (χ4v) is 5.44. The zero-order chi connectivity index (χ0) is 14.0. The van der Waals surface area contributed by atoms with Gasteiger partial charge in [-0.1, -0.05) is 11.3 Å². The van der Waals surface area contributed by atoms with Crippen LogP contribution in [0.2, 0.25) is 0 Å². The molecule has 0 spiro atoms. The summed E-state index contributed by atoms with van der Waals surface area (Å²) in [5.41, 5.74) is 5.09. The van der Waals surface area contributed by atoms with Crippen molar-refractivity contribution in [2.75, 3.05) is 17.2 Å². The lowest BCUT2D eigenvalue weighted by Crippen LogP contribution is -2.37. The molecule has 0 amide bonds. The number of nitrogens with two attached hydrogens (primary N) is 1. The lowest BCUT2D eigenvalue weighted by atomic mass is 10.2. The molecule has 2 heterocycles. The van der Waals surface area contributed by atoms with Crippen molar-refractivity contribution >= 4 is 43.8 Å². The molecule has 1 aliphatic rings. The van der Waals surface area contributed by atoms with E-state index < -0.39 is 14.9 Å². The predicted octanol–water partition coefficient (Wildman–Crippen LogP) is 1.41. The van der Waals surface area contributed by atoms with Crippen LogP contribution in [-0.4, -0.2) is 30.9 Å². The Morgan fingerprint density at radius 1 is 1.53 bits per heavy atom. The van der Waals surface area contributed by atoms with Gasteiger partial charge >= 0.3 is 5.69 Å². The van der Waals surface area contributed by atoms with Crippen LogP contribution in [0, 0.1) is 10.1 Å². The first-order valence-electron chi connectivity index (χ1n) is 5.54. The molecular formula is C9H13N3O4S3. The summed E-state index contributed by atoms with van der Waals surface area (Å²) in [7, 11) is -3.72. The first-order chi connectivity index (χ1) is 8.90. The molecule has 1 atom stereocenters. The maximum absolute atomic E-state index is 12.1. The van der Waals surface area contributed by atoms with E-state index in [0.717, 1.165) is 41.8 Å². The van der Waals surface area contributed by atoms with E-state index in [0.29, 0.717) is 0 Å². The third-order valence-corrected chi connectivity index (χ3v) is 6.82. The normalized spacial score (nSPS) is 20.3. The van der Waals surface area contributed by atoms with Gasteiger partial charge in [0, 0.05) is 17.9 Å². The largest absolute Gasteiger partial charge is 0.385 e. The second-order valence-electron chi connectivity index (χ2n) is 4.11. The standard InChI is InChI=1S/C9H13N3O4S3/c10-9-7(12(13)14)4-8(18-9)19(15,16)11-6-2-1-3-17-5-6/h4,6,11H,1-3,5,10H2. The summed E-state index contributed by atoms with van der Waals surface area (Å²) in [5, 5.41) is 10.6. The average molecular weight is 323 g/mol. The van der Waals surface area contributed by atoms with Crippen molar-refractivity contribution in [1.29, 1.82) is 0 Å². The van der Waals surface area contributed by atoms with Gasteiger partial charge in [-0.25, -0.2) is 13.1 Å². The maximum Gasteiger partial charge on any atom is 0.304 e. The highest BCUT2D eigenvalue weighted by Gasteiger charge is 2.27. The van der Waals surface area contributed by atoms with Crippen LogP contribution >= 0.6 is 23.1 Å². The summed E-state index contributed by atoms with van der Waals surface area (Å²) >= 11 is 2.41. The topological polar surface area (TPSA) is 115 Å². The van der Waals surface area contributed by atoms with Gasteiger partial charge in [-0.2, -0.15) is 11.8 Å². The minimum absolute atomic E-state index is 0.0941. The Balaban J connectivity index is 2.19. The highest BCUT2D eigenvalue weighted by atomic mass is 32.2. The number of nitrogens with one attached hydrogen (secondary N) is 1. The van der Waals surface area contributed by atoms with Crippen molar-refractivity contribution in [1.82, 2.24) is 4.72 Å². The molecule has 0 saturated carbocycles. The lowest BCUT2D eigenvalue weighted by molar-refractivity contribution is -0.383. The summed E-state index contributed by atoms with van der Waals surface area (Å²) in [5.74, 6) is 1.76. The quantitative estimate of drug-likeness (QED) is 0.639. The molecule has 19 heavy (non-hydrogen) atoms. The molecule has 1 fully saturated rings. The van der Waals surface area contributed by atoms with E-state index in [-0.39, 0.29) is 20.9 Å².